The van der Waals surface area contributed by atoms with E-state index in [0.29, 0.717) is 0 Å². The van der Waals surface area contributed by atoms with Crippen LogP contribution in [-0.2, 0) is 0 Å². The summed E-state index contributed by atoms with van der Waals surface area (Å²) in [7, 11) is 0. The van der Waals surface area contributed by atoms with Crippen LogP contribution in [0.4, 0.5) is 0 Å². The average molecular weight is 265 g/mol. The van der Waals surface area contributed by atoms with Crippen LogP contribution in [0.25, 0.3) is 0 Å². The molecule has 0 bridgehead atoms. The second-order valence-corrected chi connectivity index (χ2v) is 7.10. The molecule has 112 valence electrons. The molecule has 0 spiro atoms. The topological polar surface area (TPSA) is 12.0 Å². The highest BCUT2D eigenvalue weighted by atomic mass is 14.9. The van der Waals surface area contributed by atoms with Crippen LogP contribution in [-0.4, -0.2) is 12.6 Å². The molecule has 0 saturated heterocycles. The van der Waals surface area contributed by atoms with Gasteiger partial charge in [0.05, 0.1) is 0 Å². The summed E-state index contributed by atoms with van der Waals surface area (Å²) in [5.41, 5.74) is 0. The van der Waals surface area contributed by atoms with E-state index in [9.17, 15) is 0 Å². The van der Waals surface area contributed by atoms with Crippen molar-refractivity contribution in [2.75, 3.05) is 6.54 Å². The van der Waals surface area contributed by atoms with Gasteiger partial charge in [-0.05, 0) is 56.4 Å². The third-order valence-corrected chi connectivity index (χ3v) is 5.37. The molecule has 0 aromatic heterocycles. The molecular weight excluding hydrogens is 230 g/mol. The van der Waals surface area contributed by atoms with Crippen LogP contribution in [0.1, 0.15) is 84.5 Å². The molecule has 1 N–H and O–H groups in total. The number of rotatable bonds is 11. The molecule has 0 aliphatic heterocycles. The molecule has 2 saturated carbocycles. The summed E-state index contributed by atoms with van der Waals surface area (Å²) in [5.74, 6) is 3.30. The Morgan fingerprint density at radius 2 is 1.53 bits per heavy atom. The smallest absolute Gasteiger partial charge is 0.00955 e. The van der Waals surface area contributed by atoms with E-state index in [1.807, 2.05) is 0 Å². The van der Waals surface area contributed by atoms with Gasteiger partial charge >= 0.3 is 0 Å². The van der Waals surface area contributed by atoms with Gasteiger partial charge in [0, 0.05) is 6.04 Å². The molecule has 3 unspecified atom stereocenters. The maximum atomic E-state index is 3.85. The summed E-state index contributed by atoms with van der Waals surface area (Å²) < 4.78 is 0. The predicted octanol–water partition coefficient (Wildman–Crippen LogP) is 5.15. The van der Waals surface area contributed by atoms with Gasteiger partial charge in [-0.15, -0.1) is 0 Å². The van der Waals surface area contributed by atoms with Crippen molar-refractivity contribution in [3.05, 3.63) is 0 Å². The molecule has 0 heterocycles. The lowest BCUT2D eigenvalue weighted by Crippen LogP contribution is -2.36. The van der Waals surface area contributed by atoms with Crippen LogP contribution >= 0.6 is 0 Å². The highest BCUT2D eigenvalue weighted by Crippen LogP contribution is 2.55. The Bertz CT molecular complexity index is 228. The minimum Gasteiger partial charge on any atom is -0.314 e. The van der Waals surface area contributed by atoms with Gasteiger partial charge in [-0.3, -0.25) is 0 Å². The fourth-order valence-electron chi connectivity index (χ4n) is 4.07. The third-order valence-electron chi connectivity index (χ3n) is 5.37. The van der Waals surface area contributed by atoms with Gasteiger partial charge in [-0.2, -0.15) is 0 Å². The molecule has 2 aliphatic carbocycles. The molecule has 19 heavy (non-hydrogen) atoms. The Morgan fingerprint density at radius 1 is 0.842 bits per heavy atom. The monoisotopic (exact) mass is 265 g/mol. The molecule has 1 heteroatoms. The minimum atomic E-state index is 0.846. The van der Waals surface area contributed by atoms with Gasteiger partial charge in [0.15, 0.2) is 0 Å². The number of hydrogen-bond donors (Lipinski definition) is 1. The van der Waals surface area contributed by atoms with E-state index >= 15 is 0 Å². The summed E-state index contributed by atoms with van der Waals surface area (Å²) in [6, 6.07) is 0.846. The molecule has 3 atom stereocenters. The molecule has 2 aliphatic rings. The van der Waals surface area contributed by atoms with Crippen molar-refractivity contribution >= 4 is 0 Å². The van der Waals surface area contributed by atoms with Crippen LogP contribution in [0.5, 0.6) is 0 Å². The summed E-state index contributed by atoms with van der Waals surface area (Å²) >= 11 is 0. The number of unbranched alkanes of at least 4 members (excludes halogenated alkanes) is 5. The number of nitrogens with one attached hydrogen (secondary N) is 1. The van der Waals surface area contributed by atoms with E-state index in [4.69, 9.17) is 0 Å². The molecule has 2 rings (SSSR count). The van der Waals surface area contributed by atoms with E-state index in [1.165, 1.54) is 57.9 Å². The van der Waals surface area contributed by atoms with Crippen LogP contribution in [0.2, 0.25) is 0 Å². The molecular formula is C18H35N. The Hall–Kier alpha value is -0.0400. The first-order valence-corrected chi connectivity index (χ1v) is 9.08. The highest BCUT2D eigenvalue weighted by Gasteiger charge is 2.47. The lowest BCUT2D eigenvalue weighted by Gasteiger charge is -2.26. The first kappa shape index (κ1) is 15.4. The van der Waals surface area contributed by atoms with Crippen molar-refractivity contribution in [3.8, 4) is 0 Å². The first-order valence-electron chi connectivity index (χ1n) is 9.08. The number of fused-ring (bicyclic) bond motifs is 1. The van der Waals surface area contributed by atoms with Crippen molar-refractivity contribution in [1.29, 1.82) is 0 Å². The van der Waals surface area contributed by atoms with Crippen LogP contribution in [0.3, 0.4) is 0 Å². The Kier molecular flexibility index (Phi) is 6.70. The Morgan fingerprint density at radius 3 is 2.21 bits per heavy atom. The zero-order valence-corrected chi connectivity index (χ0v) is 13.3. The molecule has 1 nitrogen and oxygen atoms in total. The summed E-state index contributed by atoms with van der Waals surface area (Å²) in [4.78, 5) is 0. The van der Waals surface area contributed by atoms with Gasteiger partial charge in [-0.1, -0.05) is 52.4 Å². The average Bonchev–Trinajstić information content (AvgIpc) is 3.04. The molecule has 0 amide bonds. The second kappa shape index (κ2) is 8.29. The fraction of sp³-hybridized carbons (Fsp3) is 1.00. The SMILES string of the molecule is CCCCCCCCC(NCCC)C1CC2CC2C1. The van der Waals surface area contributed by atoms with E-state index in [-0.39, 0.29) is 0 Å². The number of hydrogen-bond acceptors (Lipinski definition) is 1. The minimum absolute atomic E-state index is 0.846. The van der Waals surface area contributed by atoms with Crippen LogP contribution in [0.15, 0.2) is 0 Å². The first-order chi connectivity index (χ1) is 9.35. The Labute approximate surface area is 120 Å². The molecule has 0 radical (unpaired) electrons. The van der Waals surface area contributed by atoms with Crippen LogP contribution < -0.4 is 5.32 Å². The van der Waals surface area contributed by atoms with Crippen molar-refractivity contribution in [2.45, 2.75) is 90.5 Å². The maximum Gasteiger partial charge on any atom is 0.00955 e. The third kappa shape index (κ3) is 5.10. The lowest BCUT2D eigenvalue weighted by molar-refractivity contribution is 0.310. The molecule has 2 fully saturated rings. The Balaban J connectivity index is 1.60. The maximum absolute atomic E-state index is 3.85. The summed E-state index contributed by atoms with van der Waals surface area (Å²) in [6.07, 6.45) is 16.0. The molecule has 0 aromatic rings. The van der Waals surface area contributed by atoms with Crippen molar-refractivity contribution in [1.82, 2.24) is 5.32 Å². The standard InChI is InChI=1S/C18H35N/c1-3-5-6-7-8-9-10-18(19-11-4-2)17-13-15-12-16(15)14-17/h15-19H,3-14H2,1-2H3. The molecule has 0 aromatic carbocycles. The predicted molar refractivity (Wildman–Crippen MR) is 84.4 cm³/mol. The quantitative estimate of drug-likeness (QED) is 0.509. The zero-order valence-electron chi connectivity index (χ0n) is 13.3. The van der Waals surface area contributed by atoms with Gasteiger partial charge in [-0.25, -0.2) is 0 Å². The van der Waals surface area contributed by atoms with E-state index in [1.54, 1.807) is 19.3 Å². The zero-order chi connectivity index (χ0) is 13.5. The van der Waals surface area contributed by atoms with Gasteiger partial charge < -0.3 is 5.32 Å². The van der Waals surface area contributed by atoms with Crippen molar-refractivity contribution in [2.24, 2.45) is 17.8 Å². The van der Waals surface area contributed by atoms with Crippen LogP contribution in [0, 0.1) is 17.8 Å². The van der Waals surface area contributed by atoms with E-state index in [2.05, 4.69) is 19.2 Å². The van der Waals surface area contributed by atoms with Gasteiger partial charge in [0.2, 0.25) is 0 Å². The summed E-state index contributed by atoms with van der Waals surface area (Å²) in [6.45, 7) is 5.82. The van der Waals surface area contributed by atoms with Gasteiger partial charge in [0.25, 0.3) is 0 Å². The fourth-order valence-corrected chi connectivity index (χ4v) is 4.07. The van der Waals surface area contributed by atoms with Crippen molar-refractivity contribution in [3.63, 3.8) is 0 Å². The van der Waals surface area contributed by atoms with Crippen molar-refractivity contribution < 1.29 is 0 Å². The highest BCUT2D eigenvalue weighted by molar-refractivity contribution is 4.99. The van der Waals surface area contributed by atoms with E-state index < -0.39 is 0 Å². The normalized spacial score (nSPS) is 30.3. The largest absolute Gasteiger partial charge is 0.314 e. The van der Waals surface area contributed by atoms with Gasteiger partial charge in [0.1, 0.15) is 0 Å². The second-order valence-electron chi connectivity index (χ2n) is 7.10. The summed E-state index contributed by atoms with van der Waals surface area (Å²) in [5, 5.41) is 3.85. The van der Waals surface area contributed by atoms with E-state index in [0.717, 1.165) is 23.8 Å². The lowest BCUT2D eigenvalue weighted by atomic mass is 9.90.